The molecule has 1 aromatic rings. The van der Waals surface area contributed by atoms with Gasteiger partial charge in [-0.15, -0.1) is 0 Å². The first-order chi connectivity index (χ1) is 4.74. The van der Waals surface area contributed by atoms with E-state index in [4.69, 9.17) is 10.8 Å². The molecule has 0 aliphatic heterocycles. The number of nitrogen functional groups attached to an aromatic ring is 1. The fourth-order valence-electron chi connectivity index (χ4n) is 0.634. The Bertz CT molecular complexity index is 247. The third-order valence-corrected chi connectivity index (χ3v) is 1.19. The minimum absolute atomic E-state index is 0. The molecule has 0 fully saturated rings. The first-order valence-electron chi connectivity index (χ1n) is 2.93. The fraction of sp³-hybridized carbons (Fsp3) is 0.333. The molecule has 0 aliphatic carbocycles. The Morgan fingerprint density at radius 2 is 1.92 bits per heavy atom. The van der Waals surface area contributed by atoms with Gasteiger partial charge < -0.3 is 10.8 Å². The summed E-state index contributed by atoms with van der Waals surface area (Å²) >= 11 is 0. The average Bonchev–Trinajstić information content (AvgIpc) is 1.88. The summed E-state index contributed by atoms with van der Waals surface area (Å²) in [6.45, 7) is 1.64. The van der Waals surface area contributed by atoms with E-state index in [2.05, 4.69) is 9.97 Å². The third-order valence-electron chi connectivity index (χ3n) is 1.19. The van der Waals surface area contributed by atoms with Gasteiger partial charge in [0, 0.05) is 11.8 Å². The number of aromatic nitrogens is 2. The van der Waals surface area contributed by atoms with Crippen molar-refractivity contribution >= 4 is 94.5 Å². The Morgan fingerprint density at radius 1 is 1.38 bits per heavy atom. The first kappa shape index (κ1) is 20.3. The molecule has 0 aromatic carbocycles. The van der Waals surface area contributed by atoms with Gasteiger partial charge in [-0.25, -0.2) is 9.97 Å². The van der Waals surface area contributed by atoms with Crippen molar-refractivity contribution in [3.05, 3.63) is 17.6 Å². The third kappa shape index (κ3) is 6.84. The molecule has 0 spiro atoms. The van der Waals surface area contributed by atoms with Crippen molar-refractivity contribution in [3.8, 4) is 0 Å². The second kappa shape index (κ2) is 10.4. The number of hydrogen-bond donors (Lipinski definition) is 2. The van der Waals surface area contributed by atoms with Crippen LogP contribution in [0.2, 0.25) is 0 Å². The van der Waals surface area contributed by atoms with E-state index in [0.29, 0.717) is 17.2 Å². The zero-order chi connectivity index (χ0) is 7.56. The van der Waals surface area contributed by atoms with Crippen LogP contribution in [0, 0.1) is 6.92 Å². The van der Waals surface area contributed by atoms with E-state index in [0.717, 1.165) is 0 Å². The van der Waals surface area contributed by atoms with Gasteiger partial charge in [0.1, 0.15) is 11.6 Å². The quantitative estimate of drug-likeness (QED) is 0.523. The van der Waals surface area contributed by atoms with Gasteiger partial charge in [0.2, 0.25) is 0 Å². The number of aliphatic hydroxyl groups excluding tert-OH is 1. The summed E-state index contributed by atoms with van der Waals surface area (Å²) < 4.78 is 0. The molecule has 0 atom stereocenters. The van der Waals surface area contributed by atoms with Crippen LogP contribution in [0.1, 0.15) is 11.4 Å². The summed E-state index contributed by atoms with van der Waals surface area (Å²) in [6.07, 6.45) is 1.53. The summed E-state index contributed by atoms with van der Waals surface area (Å²) in [5.41, 5.74) is 6.00. The summed E-state index contributed by atoms with van der Waals surface area (Å²) in [5.74, 6) is 0.977. The standard InChI is InChI=1S/C6H9N3O.3Na.3H/c1-4-8-2-5(3-10)6(7)9-4;;;;;;/h2,10H,3H2,1H3,(H2,7,8,9);;;;;;. The van der Waals surface area contributed by atoms with E-state index in [1.54, 1.807) is 6.92 Å². The molecule has 3 N–H and O–H groups in total. The molecule has 0 saturated heterocycles. The van der Waals surface area contributed by atoms with Crippen LogP contribution in [-0.4, -0.2) is 104 Å². The maximum atomic E-state index is 8.65. The van der Waals surface area contributed by atoms with Crippen molar-refractivity contribution < 1.29 is 5.11 Å². The molecular formula is C6H12N3Na3O. The number of aryl methyl sites for hydroxylation is 1. The Labute approximate surface area is 144 Å². The summed E-state index contributed by atoms with van der Waals surface area (Å²) in [5, 5.41) is 8.65. The van der Waals surface area contributed by atoms with Crippen LogP contribution in [0.4, 0.5) is 5.82 Å². The van der Waals surface area contributed by atoms with Gasteiger partial charge in [0.15, 0.2) is 0 Å². The van der Waals surface area contributed by atoms with Gasteiger partial charge in [-0.3, -0.25) is 0 Å². The van der Waals surface area contributed by atoms with Crippen molar-refractivity contribution in [1.82, 2.24) is 9.97 Å². The molecule has 1 aromatic heterocycles. The second-order valence-corrected chi connectivity index (χ2v) is 1.99. The van der Waals surface area contributed by atoms with Crippen LogP contribution in [0.25, 0.3) is 0 Å². The molecule has 7 heteroatoms. The second-order valence-electron chi connectivity index (χ2n) is 1.99. The number of anilines is 1. The number of nitrogens with zero attached hydrogens (tertiary/aromatic N) is 2. The molecule has 0 bridgehead atoms. The predicted octanol–water partition coefficient (Wildman–Crippen LogP) is -2.09. The maximum absolute atomic E-state index is 8.65. The zero-order valence-electron chi connectivity index (χ0n) is 5.70. The van der Waals surface area contributed by atoms with Gasteiger partial charge in [-0.2, -0.15) is 0 Å². The van der Waals surface area contributed by atoms with Crippen molar-refractivity contribution in [3.63, 3.8) is 0 Å². The van der Waals surface area contributed by atoms with Crippen molar-refractivity contribution in [2.75, 3.05) is 5.73 Å². The van der Waals surface area contributed by atoms with Gasteiger partial charge >= 0.3 is 88.7 Å². The predicted molar refractivity (Wildman–Crippen MR) is 58.6 cm³/mol. The molecule has 0 radical (unpaired) electrons. The molecule has 0 amide bonds. The Morgan fingerprint density at radius 3 is 2.31 bits per heavy atom. The van der Waals surface area contributed by atoms with Gasteiger partial charge in [-0.05, 0) is 6.92 Å². The normalized spacial score (nSPS) is 7.54. The summed E-state index contributed by atoms with van der Waals surface area (Å²) in [6, 6.07) is 0. The first-order valence-corrected chi connectivity index (χ1v) is 2.93. The van der Waals surface area contributed by atoms with Crippen molar-refractivity contribution in [1.29, 1.82) is 0 Å². The topological polar surface area (TPSA) is 72.0 Å². The zero-order valence-corrected chi connectivity index (χ0v) is 5.70. The monoisotopic (exact) mass is 211 g/mol. The molecule has 60 valence electrons. The average molecular weight is 211 g/mol. The molecule has 1 rings (SSSR count). The molecule has 0 unspecified atom stereocenters. The van der Waals surface area contributed by atoms with Crippen LogP contribution in [-0.2, 0) is 6.61 Å². The summed E-state index contributed by atoms with van der Waals surface area (Å²) in [4.78, 5) is 7.71. The minimum atomic E-state index is -0.105. The van der Waals surface area contributed by atoms with Crippen LogP contribution in [0.3, 0.4) is 0 Å². The number of nitrogens with two attached hydrogens (primary N) is 1. The molecule has 13 heavy (non-hydrogen) atoms. The summed E-state index contributed by atoms with van der Waals surface area (Å²) in [7, 11) is 0. The molecule has 4 nitrogen and oxygen atoms in total. The molecule has 1 heterocycles. The van der Waals surface area contributed by atoms with Crippen LogP contribution in [0.15, 0.2) is 6.20 Å². The van der Waals surface area contributed by atoms with Crippen LogP contribution in [0.5, 0.6) is 0 Å². The molecule has 0 aliphatic rings. The molecule has 0 saturated carbocycles. The van der Waals surface area contributed by atoms with Crippen molar-refractivity contribution in [2.24, 2.45) is 0 Å². The number of hydrogen-bond acceptors (Lipinski definition) is 4. The molecular weight excluding hydrogens is 199 g/mol. The van der Waals surface area contributed by atoms with Gasteiger partial charge in [-0.1, -0.05) is 0 Å². The van der Waals surface area contributed by atoms with E-state index in [9.17, 15) is 0 Å². The number of aliphatic hydroxyl groups is 1. The van der Waals surface area contributed by atoms with E-state index < -0.39 is 0 Å². The SMILES string of the molecule is Cc1ncc(CO)c(N)n1.[NaH].[NaH].[NaH]. The van der Waals surface area contributed by atoms with Gasteiger partial charge in [0.05, 0.1) is 6.61 Å². The Balaban J connectivity index is -0.000000333. The van der Waals surface area contributed by atoms with Gasteiger partial charge in [0.25, 0.3) is 0 Å². The fourth-order valence-corrected chi connectivity index (χ4v) is 0.634. The van der Waals surface area contributed by atoms with E-state index in [-0.39, 0.29) is 95.3 Å². The Kier molecular flexibility index (Phi) is 16.2. The van der Waals surface area contributed by atoms with Crippen LogP contribution < -0.4 is 5.73 Å². The van der Waals surface area contributed by atoms with E-state index in [1.807, 2.05) is 0 Å². The van der Waals surface area contributed by atoms with Crippen molar-refractivity contribution in [2.45, 2.75) is 13.5 Å². The van der Waals surface area contributed by atoms with Crippen LogP contribution >= 0.6 is 0 Å². The number of rotatable bonds is 1. The van der Waals surface area contributed by atoms with E-state index >= 15 is 0 Å². The Hall–Kier alpha value is 1.84. The van der Waals surface area contributed by atoms with E-state index in [1.165, 1.54) is 6.20 Å².